The highest BCUT2D eigenvalue weighted by Crippen LogP contribution is 2.50. The quantitative estimate of drug-likeness (QED) is 0.779. The highest BCUT2D eigenvalue weighted by Gasteiger charge is 2.59. The van der Waals surface area contributed by atoms with Gasteiger partial charge < -0.3 is 18.8 Å². The Morgan fingerprint density at radius 3 is 2.86 bits per heavy atom. The molecule has 0 aromatic carbocycles. The average Bonchev–Trinajstić information content (AvgIpc) is 3.16. The lowest BCUT2D eigenvalue weighted by Gasteiger charge is -2.27. The van der Waals surface area contributed by atoms with Crippen molar-refractivity contribution in [1.82, 2.24) is 19.4 Å². The second kappa shape index (κ2) is 6.75. The molecule has 2 amide bonds. The Morgan fingerprint density at radius 1 is 1.38 bits per heavy atom. The number of furan rings is 1. The van der Waals surface area contributed by atoms with E-state index in [0.29, 0.717) is 30.8 Å². The maximum atomic E-state index is 13.6. The normalized spacial score (nSPS) is 27.0. The van der Waals surface area contributed by atoms with Gasteiger partial charge in [-0.3, -0.25) is 9.59 Å². The summed E-state index contributed by atoms with van der Waals surface area (Å²) in [5, 5.41) is 0. The van der Waals surface area contributed by atoms with E-state index in [1.807, 2.05) is 11.2 Å². The summed E-state index contributed by atoms with van der Waals surface area (Å²) in [6, 6.07) is 3.71. The van der Waals surface area contributed by atoms with E-state index in [2.05, 4.69) is 29.6 Å². The van der Waals surface area contributed by atoms with Gasteiger partial charge in [-0.15, -0.1) is 0 Å². The van der Waals surface area contributed by atoms with Crippen molar-refractivity contribution < 1.29 is 14.0 Å². The fourth-order valence-corrected chi connectivity index (χ4v) is 4.93. The number of imidazole rings is 1. The van der Waals surface area contributed by atoms with Crippen LogP contribution in [0.15, 0.2) is 35.3 Å². The van der Waals surface area contributed by atoms with Crippen LogP contribution in [0.2, 0.25) is 0 Å². The van der Waals surface area contributed by atoms with Gasteiger partial charge in [-0.2, -0.15) is 0 Å². The molecule has 1 saturated carbocycles. The summed E-state index contributed by atoms with van der Waals surface area (Å²) in [5.41, 5.74) is 0.336. The number of hydrogen-bond donors (Lipinski definition) is 0. The molecule has 5 rings (SSSR count). The maximum absolute atomic E-state index is 13.6. The zero-order chi connectivity index (χ0) is 20.2. The fraction of sp³-hybridized carbons (Fsp3) is 0.591. The lowest BCUT2D eigenvalue weighted by Crippen LogP contribution is -2.41. The van der Waals surface area contributed by atoms with Gasteiger partial charge >= 0.3 is 0 Å². The van der Waals surface area contributed by atoms with Crippen LogP contribution >= 0.6 is 0 Å². The predicted molar refractivity (Wildman–Crippen MR) is 106 cm³/mol. The molecule has 7 heteroatoms. The van der Waals surface area contributed by atoms with Crippen molar-refractivity contribution in [3.8, 4) is 0 Å². The minimum atomic E-state index is -0.576. The Balaban J connectivity index is 1.47. The predicted octanol–water partition coefficient (Wildman–Crippen LogP) is 2.93. The zero-order valence-electron chi connectivity index (χ0n) is 17.1. The largest absolute Gasteiger partial charge is 0.459 e. The molecule has 7 nitrogen and oxygen atoms in total. The van der Waals surface area contributed by atoms with Crippen LogP contribution in [0, 0.1) is 11.3 Å². The van der Waals surface area contributed by atoms with Crippen LogP contribution in [-0.2, 0) is 4.79 Å². The number of carbonyl (C=O) groups is 2. The van der Waals surface area contributed by atoms with Gasteiger partial charge in [0.25, 0.3) is 5.91 Å². The van der Waals surface area contributed by atoms with Gasteiger partial charge in [0.1, 0.15) is 0 Å². The number of nitrogens with zero attached hydrogens (tertiary/aromatic N) is 4. The van der Waals surface area contributed by atoms with Crippen molar-refractivity contribution in [3.63, 3.8) is 0 Å². The first-order chi connectivity index (χ1) is 14.0. The molecular formula is C22H28N4O3. The van der Waals surface area contributed by atoms with E-state index in [1.54, 1.807) is 17.0 Å². The second-order valence-electron chi connectivity index (χ2n) is 9.16. The van der Waals surface area contributed by atoms with Gasteiger partial charge in [-0.05, 0) is 51.2 Å². The fourth-order valence-electron chi connectivity index (χ4n) is 4.93. The standard InChI is InChI=1S/C22H28N4O3/c1-15(2)26-12-18(23-14-26)17-11-25(20(27)19-4-3-9-29-19)13-22(17)7-8-24(21(22)28)10-16-5-6-16/h3-4,9,12,14-17H,5-8,10-11,13H2,1-2H3/t17-,22-/m0/s1. The summed E-state index contributed by atoms with van der Waals surface area (Å²) in [5.74, 6) is 0.957. The lowest BCUT2D eigenvalue weighted by atomic mass is 9.75. The van der Waals surface area contributed by atoms with Crippen molar-refractivity contribution in [2.75, 3.05) is 26.2 Å². The van der Waals surface area contributed by atoms with Crippen molar-refractivity contribution in [2.45, 2.75) is 45.1 Å². The van der Waals surface area contributed by atoms with Crippen LogP contribution in [-0.4, -0.2) is 57.3 Å². The summed E-state index contributed by atoms with van der Waals surface area (Å²) in [4.78, 5) is 35.1. The molecule has 2 aromatic rings. The molecule has 0 N–H and O–H groups in total. The molecule has 0 radical (unpaired) electrons. The smallest absolute Gasteiger partial charge is 0.289 e. The number of hydrogen-bond acceptors (Lipinski definition) is 4. The minimum Gasteiger partial charge on any atom is -0.459 e. The van der Waals surface area contributed by atoms with E-state index in [9.17, 15) is 9.59 Å². The third-order valence-corrected chi connectivity index (χ3v) is 6.85. The molecule has 3 fully saturated rings. The van der Waals surface area contributed by atoms with Gasteiger partial charge in [-0.1, -0.05) is 0 Å². The first-order valence-electron chi connectivity index (χ1n) is 10.6. The molecule has 2 aromatic heterocycles. The Kier molecular flexibility index (Phi) is 4.29. The molecule has 1 aliphatic carbocycles. The Bertz CT molecular complexity index is 914. The first kappa shape index (κ1) is 18.5. The van der Waals surface area contributed by atoms with E-state index in [4.69, 9.17) is 4.42 Å². The van der Waals surface area contributed by atoms with E-state index in [-0.39, 0.29) is 17.7 Å². The summed E-state index contributed by atoms with van der Waals surface area (Å²) in [6.45, 7) is 6.80. The molecular weight excluding hydrogens is 368 g/mol. The van der Waals surface area contributed by atoms with E-state index in [0.717, 1.165) is 25.2 Å². The monoisotopic (exact) mass is 396 g/mol. The lowest BCUT2D eigenvalue weighted by molar-refractivity contribution is -0.136. The van der Waals surface area contributed by atoms with Gasteiger partial charge in [0.2, 0.25) is 5.91 Å². The molecule has 0 bridgehead atoms. The van der Waals surface area contributed by atoms with Gasteiger partial charge in [0, 0.05) is 44.3 Å². The van der Waals surface area contributed by atoms with Gasteiger partial charge in [0.05, 0.1) is 23.7 Å². The summed E-state index contributed by atoms with van der Waals surface area (Å²) in [7, 11) is 0. The highest BCUT2D eigenvalue weighted by atomic mass is 16.3. The van der Waals surface area contributed by atoms with E-state index in [1.165, 1.54) is 19.1 Å². The zero-order valence-corrected chi connectivity index (χ0v) is 17.1. The summed E-state index contributed by atoms with van der Waals surface area (Å²) in [6.07, 6.45) is 8.63. The molecule has 154 valence electrons. The van der Waals surface area contributed by atoms with Crippen LogP contribution in [0.25, 0.3) is 0 Å². The molecule has 1 spiro atoms. The van der Waals surface area contributed by atoms with Crippen molar-refractivity contribution in [2.24, 2.45) is 11.3 Å². The Morgan fingerprint density at radius 2 is 2.21 bits per heavy atom. The number of carbonyl (C=O) groups excluding carboxylic acids is 2. The van der Waals surface area contributed by atoms with Crippen LogP contribution in [0.1, 0.15) is 61.3 Å². The minimum absolute atomic E-state index is 0.0851. The molecule has 0 unspecified atom stereocenters. The number of likely N-dealkylation sites (tertiary alicyclic amines) is 2. The number of rotatable bonds is 5. The molecule has 2 saturated heterocycles. The molecule has 2 atom stereocenters. The van der Waals surface area contributed by atoms with E-state index >= 15 is 0 Å². The molecule has 3 aliphatic rings. The second-order valence-corrected chi connectivity index (χ2v) is 9.16. The third kappa shape index (κ3) is 3.07. The number of aromatic nitrogens is 2. The number of amides is 2. The van der Waals surface area contributed by atoms with Crippen LogP contribution in [0.3, 0.4) is 0 Å². The van der Waals surface area contributed by atoms with Crippen LogP contribution in [0.4, 0.5) is 0 Å². The third-order valence-electron chi connectivity index (χ3n) is 6.85. The van der Waals surface area contributed by atoms with Crippen molar-refractivity contribution >= 4 is 11.8 Å². The molecule has 4 heterocycles. The average molecular weight is 396 g/mol. The van der Waals surface area contributed by atoms with E-state index < -0.39 is 5.41 Å². The SMILES string of the molecule is CC(C)n1cnc([C@@H]2CN(C(=O)c3ccco3)C[C@@]23CCN(CC2CC2)C3=O)c1. The van der Waals surface area contributed by atoms with Crippen LogP contribution < -0.4 is 0 Å². The van der Waals surface area contributed by atoms with Gasteiger partial charge in [0.15, 0.2) is 5.76 Å². The Labute approximate surface area is 170 Å². The van der Waals surface area contributed by atoms with Crippen LogP contribution in [0.5, 0.6) is 0 Å². The Hall–Kier alpha value is -2.57. The van der Waals surface area contributed by atoms with Crippen molar-refractivity contribution in [1.29, 1.82) is 0 Å². The molecule has 29 heavy (non-hydrogen) atoms. The molecule has 2 aliphatic heterocycles. The topological polar surface area (TPSA) is 71.6 Å². The highest BCUT2D eigenvalue weighted by molar-refractivity contribution is 5.94. The maximum Gasteiger partial charge on any atom is 0.289 e. The first-order valence-corrected chi connectivity index (χ1v) is 10.6. The summed E-state index contributed by atoms with van der Waals surface area (Å²) >= 11 is 0. The van der Waals surface area contributed by atoms with Gasteiger partial charge in [-0.25, -0.2) is 4.98 Å². The van der Waals surface area contributed by atoms with Crippen molar-refractivity contribution in [3.05, 3.63) is 42.4 Å². The summed E-state index contributed by atoms with van der Waals surface area (Å²) < 4.78 is 7.41.